The molecule has 5 N–H and O–H groups in total. The van der Waals surface area contributed by atoms with Crippen LogP contribution in [0.3, 0.4) is 0 Å². The van der Waals surface area contributed by atoms with Crippen LogP contribution in [0.4, 0.5) is 0 Å². The number of aromatic hydroxyl groups is 1. The van der Waals surface area contributed by atoms with Gasteiger partial charge in [0.2, 0.25) is 10.0 Å². The van der Waals surface area contributed by atoms with Gasteiger partial charge in [0.1, 0.15) is 11.5 Å². The lowest BCUT2D eigenvalue weighted by atomic mass is 10.1. The van der Waals surface area contributed by atoms with Crippen molar-refractivity contribution in [3.05, 3.63) is 58.1 Å². The van der Waals surface area contributed by atoms with E-state index in [-0.39, 0.29) is 29.3 Å². The van der Waals surface area contributed by atoms with Crippen molar-refractivity contribution in [1.82, 2.24) is 5.32 Å². The average Bonchev–Trinajstić information content (AvgIpc) is 2.62. The molecule has 0 radical (unpaired) electrons. The number of primary sulfonamides is 1. The summed E-state index contributed by atoms with van der Waals surface area (Å²) in [7, 11) is -3.74. The predicted octanol–water partition coefficient (Wildman–Crippen LogP) is 1.53. The lowest BCUT2D eigenvalue weighted by Gasteiger charge is -2.08. The minimum absolute atomic E-state index is 0.0186. The van der Waals surface area contributed by atoms with E-state index in [0.29, 0.717) is 16.5 Å². The summed E-state index contributed by atoms with van der Waals surface area (Å²) in [6.45, 7) is 0.270. The average molecular weight is 456 g/mol. The van der Waals surface area contributed by atoms with Gasteiger partial charge in [0, 0.05) is 13.0 Å². The van der Waals surface area contributed by atoms with E-state index in [4.69, 9.17) is 10.3 Å². The predicted molar refractivity (Wildman–Crippen MR) is 103 cm³/mol. The van der Waals surface area contributed by atoms with Crippen molar-refractivity contribution < 1.29 is 23.5 Å². The minimum atomic E-state index is -3.74. The maximum Gasteiger partial charge on any atom is 0.269 e. The summed E-state index contributed by atoms with van der Waals surface area (Å²) in [5.74, 6) is -0.456. The number of nitrogens with one attached hydrogen (secondary N) is 1. The number of carbonyl (C=O) groups excluding carboxylic acids is 1. The molecule has 0 aliphatic heterocycles. The van der Waals surface area contributed by atoms with Crippen LogP contribution in [0, 0.1) is 0 Å². The first-order chi connectivity index (χ1) is 12.7. The number of hydrogen-bond donors (Lipinski definition) is 4. The lowest BCUT2D eigenvalue weighted by Crippen LogP contribution is -2.33. The van der Waals surface area contributed by atoms with Gasteiger partial charge in [-0.25, -0.2) is 13.6 Å². The molecule has 0 saturated heterocycles. The number of nitrogens with zero attached hydrogens (tertiary/aromatic N) is 1. The highest BCUT2D eigenvalue weighted by Gasteiger charge is 2.14. The SMILES string of the molecule is NS(=O)(=O)c1ccc(CCNC(=O)/C(Cc2ccc(O)c(Br)c2)=N/O)cc1. The molecule has 0 unspecified atom stereocenters. The number of nitrogens with two attached hydrogens (primary N) is 1. The molecule has 0 saturated carbocycles. The van der Waals surface area contributed by atoms with Gasteiger partial charge in [-0.05, 0) is 57.7 Å². The molecular weight excluding hydrogens is 438 g/mol. The molecule has 0 heterocycles. The number of benzene rings is 2. The van der Waals surface area contributed by atoms with Gasteiger partial charge in [0.25, 0.3) is 5.91 Å². The maximum atomic E-state index is 12.1. The first-order valence-corrected chi connectivity index (χ1v) is 10.1. The van der Waals surface area contributed by atoms with Crippen LogP contribution in [0.15, 0.2) is 57.0 Å². The fourth-order valence-electron chi connectivity index (χ4n) is 2.28. The monoisotopic (exact) mass is 455 g/mol. The molecule has 2 rings (SSSR count). The smallest absolute Gasteiger partial charge is 0.269 e. The molecule has 0 fully saturated rings. The molecule has 27 heavy (non-hydrogen) atoms. The van der Waals surface area contributed by atoms with E-state index < -0.39 is 15.9 Å². The minimum Gasteiger partial charge on any atom is -0.507 e. The second-order valence-corrected chi connectivity index (χ2v) is 8.12. The van der Waals surface area contributed by atoms with Gasteiger partial charge in [0.15, 0.2) is 0 Å². The number of halogens is 1. The number of sulfonamides is 1. The quantitative estimate of drug-likeness (QED) is 0.284. The van der Waals surface area contributed by atoms with Crippen LogP contribution in [0.25, 0.3) is 0 Å². The summed E-state index contributed by atoms with van der Waals surface area (Å²) in [5.41, 5.74) is 1.42. The number of phenols is 1. The molecule has 10 heteroatoms. The van der Waals surface area contributed by atoms with E-state index in [1.54, 1.807) is 24.3 Å². The molecule has 0 aromatic heterocycles. The highest BCUT2D eigenvalue weighted by molar-refractivity contribution is 9.10. The molecular formula is C17H18BrN3O5S. The highest BCUT2D eigenvalue weighted by atomic mass is 79.9. The molecule has 0 atom stereocenters. The third-order valence-electron chi connectivity index (χ3n) is 3.72. The Morgan fingerprint density at radius 3 is 2.33 bits per heavy atom. The molecule has 144 valence electrons. The van der Waals surface area contributed by atoms with E-state index in [1.807, 2.05) is 0 Å². The lowest BCUT2D eigenvalue weighted by molar-refractivity contribution is -0.115. The molecule has 0 aliphatic carbocycles. The topological polar surface area (TPSA) is 142 Å². The Labute approximate surface area is 164 Å². The van der Waals surface area contributed by atoms with E-state index in [1.165, 1.54) is 18.2 Å². The Hall–Kier alpha value is -2.43. The molecule has 1 amide bonds. The van der Waals surface area contributed by atoms with Gasteiger partial charge in [-0.1, -0.05) is 23.4 Å². The molecule has 0 spiro atoms. The number of amides is 1. The van der Waals surface area contributed by atoms with E-state index in [0.717, 1.165) is 5.56 Å². The number of rotatable bonds is 7. The van der Waals surface area contributed by atoms with E-state index in [2.05, 4.69) is 26.4 Å². The zero-order chi connectivity index (χ0) is 20.0. The normalized spacial score (nSPS) is 12.0. The third-order valence-corrected chi connectivity index (χ3v) is 5.28. The van der Waals surface area contributed by atoms with Crippen molar-refractivity contribution in [2.24, 2.45) is 10.3 Å². The fraction of sp³-hybridized carbons (Fsp3) is 0.176. The highest BCUT2D eigenvalue weighted by Crippen LogP contribution is 2.24. The van der Waals surface area contributed by atoms with E-state index in [9.17, 15) is 18.3 Å². The number of carbonyl (C=O) groups is 1. The van der Waals surface area contributed by atoms with Gasteiger partial charge < -0.3 is 15.6 Å². The zero-order valence-electron chi connectivity index (χ0n) is 14.1. The zero-order valence-corrected chi connectivity index (χ0v) is 16.5. The molecule has 0 aliphatic rings. The van der Waals surface area contributed by atoms with Crippen molar-refractivity contribution in [3.8, 4) is 5.75 Å². The Kier molecular flexibility index (Phi) is 6.94. The summed E-state index contributed by atoms with van der Waals surface area (Å²) in [6, 6.07) is 10.7. The van der Waals surface area contributed by atoms with Crippen LogP contribution in [-0.2, 0) is 27.7 Å². The summed E-state index contributed by atoms with van der Waals surface area (Å²) >= 11 is 3.18. The van der Waals surface area contributed by atoms with Crippen LogP contribution >= 0.6 is 15.9 Å². The van der Waals surface area contributed by atoms with Crippen molar-refractivity contribution >= 4 is 37.6 Å². The second kappa shape index (κ2) is 8.98. The van der Waals surface area contributed by atoms with Crippen molar-refractivity contribution in [3.63, 3.8) is 0 Å². The van der Waals surface area contributed by atoms with Crippen LogP contribution in [0.2, 0.25) is 0 Å². The van der Waals surface area contributed by atoms with Crippen LogP contribution in [-0.4, -0.2) is 36.9 Å². The summed E-state index contributed by atoms with van der Waals surface area (Å²) in [6.07, 6.45) is 0.546. The molecule has 2 aromatic carbocycles. The standard InChI is InChI=1S/C17H18BrN3O5S/c18-14-9-12(3-6-16(14)22)10-15(21-24)17(23)20-8-7-11-1-4-13(5-2-11)27(19,25)26/h1-6,9,22,24H,7-8,10H2,(H,20,23)(H2,19,25,26)/b21-15+. The second-order valence-electron chi connectivity index (χ2n) is 5.70. The Morgan fingerprint density at radius 2 is 1.78 bits per heavy atom. The summed E-state index contributed by atoms with van der Waals surface area (Å²) in [5, 5.41) is 29.3. The van der Waals surface area contributed by atoms with Crippen molar-refractivity contribution in [2.45, 2.75) is 17.7 Å². The maximum absolute atomic E-state index is 12.1. The summed E-state index contributed by atoms with van der Waals surface area (Å²) in [4.78, 5) is 12.2. The van der Waals surface area contributed by atoms with Gasteiger partial charge >= 0.3 is 0 Å². The molecule has 2 aromatic rings. The molecule has 0 bridgehead atoms. The largest absolute Gasteiger partial charge is 0.507 e. The number of hydrogen-bond acceptors (Lipinski definition) is 6. The van der Waals surface area contributed by atoms with Crippen molar-refractivity contribution in [1.29, 1.82) is 0 Å². The Bertz CT molecular complexity index is 959. The molecule has 8 nitrogen and oxygen atoms in total. The van der Waals surface area contributed by atoms with Crippen LogP contribution < -0.4 is 10.5 Å². The van der Waals surface area contributed by atoms with Gasteiger partial charge in [-0.15, -0.1) is 0 Å². The first-order valence-electron chi connectivity index (χ1n) is 7.79. The Morgan fingerprint density at radius 1 is 1.15 bits per heavy atom. The first kappa shape index (κ1) is 20.9. The van der Waals surface area contributed by atoms with Gasteiger partial charge in [-0.2, -0.15) is 0 Å². The van der Waals surface area contributed by atoms with E-state index >= 15 is 0 Å². The van der Waals surface area contributed by atoms with Crippen LogP contribution in [0.5, 0.6) is 5.75 Å². The number of oxime groups is 1. The van der Waals surface area contributed by atoms with Gasteiger partial charge in [-0.3, -0.25) is 4.79 Å². The third kappa shape index (κ3) is 6.05. The van der Waals surface area contributed by atoms with Crippen LogP contribution in [0.1, 0.15) is 11.1 Å². The number of phenolic OH excluding ortho intramolecular Hbond substituents is 1. The fourth-order valence-corrected chi connectivity index (χ4v) is 3.22. The Balaban J connectivity index is 1.90. The summed E-state index contributed by atoms with van der Waals surface area (Å²) < 4.78 is 22.9. The van der Waals surface area contributed by atoms with Crippen molar-refractivity contribution in [2.75, 3.05) is 6.54 Å². The van der Waals surface area contributed by atoms with Gasteiger partial charge in [0.05, 0.1) is 9.37 Å².